The van der Waals surface area contributed by atoms with Crippen LogP contribution in [0.1, 0.15) is 39.0 Å². The average molecular weight is 294 g/mol. The van der Waals surface area contributed by atoms with Crippen molar-refractivity contribution in [1.82, 2.24) is 0 Å². The van der Waals surface area contributed by atoms with Crippen LogP contribution in [0.4, 0.5) is 15.8 Å². The zero-order valence-electron chi connectivity index (χ0n) is 12.4. The van der Waals surface area contributed by atoms with Gasteiger partial charge in [0.05, 0.1) is 17.5 Å². The van der Waals surface area contributed by atoms with Gasteiger partial charge in [0.1, 0.15) is 12.4 Å². The number of anilines is 2. The molecule has 1 amide bonds. The third-order valence-electron chi connectivity index (χ3n) is 4.08. The van der Waals surface area contributed by atoms with Crippen molar-refractivity contribution in [2.75, 3.05) is 17.7 Å². The third kappa shape index (κ3) is 4.43. The fourth-order valence-electron chi connectivity index (χ4n) is 2.88. The SMILES string of the molecule is CCC1CCCCC1OCC(=O)Nc1ccc(F)cc1N. The molecule has 2 rings (SSSR count). The Bertz CT molecular complexity index is 493. The molecule has 1 saturated carbocycles. The van der Waals surface area contributed by atoms with Crippen LogP contribution in [-0.2, 0) is 9.53 Å². The molecule has 0 aromatic heterocycles. The summed E-state index contributed by atoms with van der Waals surface area (Å²) in [6.07, 6.45) is 5.85. The molecule has 1 aliphatic rings. The van der Waals surface area contributed by atoms with Crippen molar-refractivity contribution in [3.05, 3.63) is 24.0 Å². The Morgan fingerprint density at radius 1 is 1.43 bits per heavy atom. The first kappa shape index (κ1) is 15.8. The van der Waals surface area contributed by atoms with E-state index < -0.39 is 5.82 Å². The maximum Gasteiger partial charge on any atom is 0.250 e. The molecule has 1 aliphatic carbocycles. The van der Waals surface area contributed by atoms with Crippen LogP contribution in [0.25, 0.3) is 0 Å². The highest BCUT2D eigenvalue weighted by Gasteiger charge is 2.24. The second kappa shape index (κ2) is 7.41. The van der Waals surface area contributed by atoms with Gasteiger partial charge >= 0.3 is 0 Å². The Morgan fingerprint density at radius 2 is 2.19 bits per heavy atom. The van der Waals surface area contributed by atoms with Crippen LogP contribution in [0.2, 0.25) is 0 Å². The fourth-order valence-corrected chi connectivity index (χ4v) is 2.88. The summed E-state index contributed by atoms with van der Waals surface area (Å²) in [5.41, 5.74) is 6.29. The molecule has 3 N–H and O–H groups in total. The first-order valence-electron chi connectivity index (χ1n) is 7.56. The lowest BCUT2D eigenvalue weighted by Crippen LogP contribution is -2.31. The number of carbonyl (C=O) groups is 1. The maximum atomic E-state index is 12.9. The van der Waals surface area contributed by atoms with E-state index in [4.69, 9.17) is 10.5 Å². The number of nitrogen functional groups attached to an aromatic ring is 1. The van der Waals surface area contributed by atoms with Gasteiger partial charge in [0.15, 0.2) is 0 Å². The van der Waals surface area contributed by atoms with Gasteiger partial charge in [-0.25, -0.2) is 4.39 Å². The standard InChI is InChI=1S/C16H23FN2O2/c1-2-11-5-3-4-6-15(11)21-10-16(20)19-14-8-7-12(17)9-13(14)18/h7-9,11,15H,2-6,10,18H2,1H3,(H,19,20). The predicted octanol–water partition coefficient (Wildman–Crippen LogP) is 3.33. The van der Waals surface area contributed by atoms with Crippen LogP contribution in [0.3, 0.4) is 0 Å². The van der Waals surface area contributed by atoms with Gasteiger partial charge in [-0.2, -0.15) is 0 Å². The first-order chi connectivity index (χ1) is 10.1. The zero-order valence-corrected chi connectivity index (χ0v) is 12.4. The lowest BCUT2D eigenvalue weighted by atomic mass is 9.85. The molecular formula is C16H23FN2O2. The van der Waals surface area contributed by atoms with Gasteiger partial charge in [-0.05, 0) is 37.0 Å². The van der Waals surface area contributed by atoms with Crippen molar-refractivity contribution >= 4 is 17.3 Å². The van der Waals surface area contributed by atoms with Gasteiger partial charge in [-0.3, -0.25) is 4.79 Å². The molecule has 0 aliphatic heterocycles. The fraction of sp³-hybridized carbons (Fsp3) is 0.562. The summed E-state index contributed by atoms with van der Waals surface area (Å²) in [6, 6.07) is 3.91. The van der Waals surface area contributed by atoms with Crippen molar-refractivity contribution in [3.63, 3.8) is 0 Å². The van der Waals surface area contributed by atoms with Crippen molar-refractivity contribution in [3.8, 4) is 0 Å². The third-order valence-corrected chi connectivity index (χ3v) is 4.08. The summed E-state index contributed by atoms with van der Waals surface area (Å²) in [5, 5.41) is 2.65. The highest BCUT2D eigenvalue weighted by Crippen LogP contribution is 2.29. The van der Waals surface area contributed by atoms with Crippen LogP contribution < -0.4 is 11.1 Å². The van der Waals surface area contributed by atoms with Crippen LogP contribution in [-0.4, -0.2) is 18.6 Å². The van der Waals surface area contributed by atoms with E-state index in [1.165, 1.54) is 31.0 Å². The Morgan fingerprint density at radius 3 is 2.90 bits per heavy atom. The molecule has 116 valence electrons. The van der Waals surface area contributed by atoms with E-state index in [1.807, 2.05) is 0 Å². The summed E-state index contributed by atoms with van der Waals surface area (Å²) in [5.74, 6) is -0.133. The Balaban J connectivity index is 1.84. The largest absolute Gasteiger partial charge is 0.397 e. The molecule has 2 atom stereocenters. The minimum absolute atomic E-state index is 0.0119. The number of nitrogens with two attached hydrogens (primary N) is 1. The van der Waals surface area contributed by atoms with E-state index in [0.29, 0.717) is 11.6 Å². The lowest BCUT2D eigenvalue weighted by molar-refractivity contribution is -0.124. The number of nitrogens with one attached hydrogen (secondary N) is 1. The summed E-state index contributed by atoms with van der Waals surface area (Å²) in [4.78, 5) is 11.9. The molecule has 0 heterocycles. The van der Waals surface area contributed by atoms with E-state index in [9.17, 15) is 9.18 Å². The summed E-state index contributed by atoms with van der Waals surface area (Å²) >= 11 is 0. The lowest BCUT2D eigenvalue weighted by Gasteiger charge is -2.30. The zero-order chi connectivity index (χ0) is 15.2. The molecule has 4 nitrogen and oxygen atoms in total. The Labute approximate surface area is 124 Å². The smallest absolute Gasteiger partial charge is 0.250 e. The number of carbonyl (C=O) groups excluding carboxylic acids is 1. The molecule has 2 unspecified atom stereocenters. The van der Waals surface area contributed by atoms with Gasteiger partial charge in [0.2, 0.25) is 5.91 Å². The number of hydrogen-bond acceptors (Lipinski definition) is 3. The summed E-state index contributed by atoms with van der Waals surface area (Å²) in [6.45, 7) is 2.17. The van der Waals surface area contributed by atoms with Crippen LogP contribution in [0.5, 0.6) is 0 Å². The van der Waals surface area contributed by atoms with Crippen molar-refractivity contribution in [2.24, 2.45) is 5.92 Å². The van der Waals surface area contributed by atoms with Crippen molar-refractivity contribution < 1.29 is 13.9 Å². The Kier molecular flexibility index (Phi) is 5.56. The summed E-state index contributed by atoms with van der Waals surface area (Å²) in [7, 11) is 0. The van der Waals surface area contributed by atoms with Crippen molar-refractivity contribution in [2.45, 2.75) is 45.1 Å². The normalized spacial score (nSPS) is 22.0. The predicted molar refractivity (Wildman–Crippen MR) is 81.4 cm³/mol. The average Bonchev–Trinajstić information content (AvgIpc) is 2.48. The maximum absolute atomic E-state index is 12.9. The van der Waals surface area contributed by atoms with Crippen LogP contribution in [0, 0.1) is 11.7 Å². The molecular weight excluding hydrogens is 271 g/mol. The Hall–Kier alpha value is -1.62. The second-order valence-electron chi connectivity index (χ2n) is 5.58. The molecule has 0 bridgehead atoms. The second-order valence-corrected chi connectivity index (χ2v) is 5.58. The first-order valence-corrected chi connectivity index (χ1v) is 7.56. The van der Waals surface area contributed by atoms with Gasteiger partial charge in [-0.15, -0.1) is 0 Å². The molecule has 1 aromatic rings. The molecule has 1 aromatic carbocycles. The van der Waals surface area contributed by atoms with E-state index in [-0.39, 0.29) is 24.3 Å². The van der Waals surface area contributed by atoms with Gasteiger partial charge in [-0.1, -0.05) is 26.2 Å². The van der Waals surface area contributed by atoms with Crippen LogP contribution in [0.15, 0.2) is 18.2 Å². The number of rotatable bonds is 5. The number of halogens is 1. The van der Waals surface area contributed by atoms with Gasteiger partial charge < -0.3 is 15.8 Å². The summed E-state index contributed by atoms with van der Waals surface area (Å²) < 4.78 is 18.7. The van der Waals surface area contributed by atoms with E-state index in [0.717, 1.165) is 19.3 Å². The number of benzene rings is 1. The van der Waals surface area contributed by atoms with Gasteiger partial charge in [0, 0.05) is 0 Å². The minimum atomic E-state index is -0.422. The molecule has 0 spiro atoms. The minimum Gasteiger partial charge on any atom is -0.397 e. The van der Waals surface area contributed by atoms with Gasteiger partial charge in [0.25, 0.3) is 0 Å². The monoisotopic (exact) mass is 294 g/mol. The molecule has 5 heteroatoms. The quantitative estimate of drug-likeness (QED) is 0.819. The van der Waals surface area contributed by atoms with Crippen molar-refractivity contribution in [1.29, 1.82) is 0 Å². The topological polar surface area (TPSA) is 64.3 Å². The number of amides is 1. The molecule has 1 fully saturated rings. The van der Waals surface area contributed by atoms with Crippen LogP contribution >= 0.6 is 0 Å². The highest BCUT2D eigenvalue weighted by atomic mass is 19.1. The molecule has 0 radical (unpaired) electrons. The number of hydrogen-bond donors (Lipinski definition) is 2. The number of ether oxygens (including phenoxy) is 1. The molecule has 21 heavy (non-hydrogen) atoms. The van der Waals surface area contributed by atoms with E-state index >= 15 is 0 Å². The molecule has 0 saturated heterocycles. The van der Waals surface area contributed by atoms with E-state index in [1.54, 1.807) is 0 Å². The van der Waals surface area contributed by atoms with E-state index in [2.05, 4.69) is 12.2 Å². The highest BCUT2D eigenvalue weighted by molar-refractivity contribution is 5.94.